The van der Waals surface area contributed by atoms with E-state index in [2.05, 4.69) is 15.8 Å². The lowest BCUT2D eigenvalue weighted by molar-refractivity contribution is -0.136. The molecule has 1 amide bonds. The molecular formula is C23H27N5O3S. The predicted octanol–water partition coefficient (Wildman–Crippen LogP) is 2.98. The molecule has 3 heterocycles. The van der Waals surface area contributed by atoms with Crippen molar-refractivity contribution in [1.29, 1.82) is 5.26 Å². The largest absolute Gasteiger partial charge is 0.361 e. The first-order valence-corrected chi connectivity index (χ1v) is 12.3. The summed E-state index contributed by atoms with van der Waals surface area (Å²) in [5.41, 5.74) is 1.19. The fourth-order valence-electron chi connectivity index (χ4n) is 4.29. The number of carbonyl (C=O) groups excluding carboxylic acids is 1. The summed E-state index contributed by atoms with van der Waals surface area (Å²) in [6.07, 6.45) is 6.64. The molecule has 168 valence electrons. The molecule has 4 rings (SSSR count). The van der Waals surface area contributed by atoms with Crippen molar-refractivity contribution in [2.24, 2.45) is 0 Å². The number of nitrogens with zero attached hydrogens (tertiary/aromatic N) is 3. The van der Waals surface area contributed by atoms with Crippen LogP contribution in [0.3, 0.4) is 0 Å². The lowest BCUT2D eigenvalue weighted by atomic mass is 10.0. The highest BCUT2D eigenvalue weighted by Gasteiger charge is 2.32. The van der Waals surface area contributed by atoms with E-state index in [9.17, 15) is 18.5 Å². The molecule has 2 N–H and O–H groups in total. The van der Waals surface area contributed by atoms with Crippen LogP contribution in [0.5, 0.6) is 0 Å². The number of nitriles is 1. The molecule has 32 heavy (non-hydrogen) atoms. The van der Waals surface area contributed by atoms with Crippen molar-refractivity contribution in [3.63, 3.8) is 0 Å². The summed E-state index contributed by atoms with van der Waals surface area (Å²) in [5.74, 6) is -0.215. The van der Waals surface area contributed by atoms with E-state index in [4.69, 9.17) is 0 Å². The molecule has 0 bridgehead atoms. The monoisotopic (exact) mass is 453 g/mol. The number of sulfonamides is 1. The Balaban J connectivity index is 1.59. The molecule has 1 saturated heterocycles. The maximum Gasteiger partial charge on any atom is 0.241 e. The molecule has 2 aromatic heterocycles. The summed E-state index contributed by atoms with van der Waals surface area (Å²) in [5, 5.41) is 10.2. The quantitative estimate of drug-likeness (QED) is 0.573. The molecule has 8 nitrogen and oxygen atoms in total. The standard InChI is InChI=1S/C23H27N5O3S/c1-17-5-2-3-13-28(17)23(29)21(10-14-27-12-4-6-19(27)16-24)26-32(30,31)20-8-7-18-9-11-25-22(18)15-20/h4,6-9,11-12,15,17,21,25-26H,2-3,5,10,13-14H2,1H3. The Bertz CT molecular complexity index is 1250. The Morgan fingerprint density at radius 3 is 2.94 bits per heavy atom. The molecule has 1 aliphatic heterocycles. The van der Waals surface area contributed by atoms with Gasteiger partial charge in [-0.25, -0.2) is 8.42 Å². The Labute approximate surface area is 187 Å². The maximum absolute atomic E-state index is 13.4. The van der Waals surface area contributed by atoms with E-state index in [1.54, 1.807) is 52.2 Å². The van der Waals surface area contributed by atoms with Gasteiger partial charge in [0.05, 0.1) is 4.90 Å². The van der Waals surface area contributed by atoms with Crippen molar-refractivity contribution in [2.45, 2.75) is 56.1 Å². The number of benzene rings is 1. The van der Waals surface area contributed by atoms with E-state index < -0.39 is 16.1 Å². The van der Waals surface area contributed by atoms with E-state index in [0.29, 0.717) is 24.3 Å². The second-order valence-electron chi connectivity index (χ2n) is 8.26. The molecule has 1 aliphatic rings. The summed E-state index contributed by atoms with van der Waals surface area (Å²) in [7, 11) is -3.93. The molecular weight excluding hydrogens is 426 g/mol. The van der Waals surface area contributed by atoms with Crippen LogP contribution in [0.4, 0.5) is 0 Å². The third kappa shape index (κ3) is 4.56. The minimum absolute atomic E-state index is 0.0692. The van der Waals surface area contributed by atoms with Gasteiger partial charge in [-0.3, -0.25) is 4.79 Å². The van der Waals surface area contributed by atoms with Crippen LogP contribution in [-0.4, -0.2) is 47.4 Å². The lowest BCUT2D eigenvalue weighted by Crippen LogP contribution is -2.52. The van der Waals surface area contributed by atoms with Gasteiger partial charge >= 0.3 is 0 Å². The number of rotatable bonds is 7. The molecule has 2 atom stereocenters. The first-order chi connectivity index (χ1) is 15.4. The van der Waals surface area contributed by atoms with Crippen LogP contribution in [0.1, 0.15) is 38.3 Å². The fraction of sp³-hybridized carbons (Fsp3) is 0.391. The number of carbonyl (C=O) groups is 1. The Morgan fingerprint density at radius 1 is 1.31 bits per heavy atom. The van der Waals surface area contributed by atoms with Crippen LogP contribution in [-0.2, 0) is 21.4 Å². The van der Waals surface area contributed by atoms with E-state index >= 15 is 0 Å². The van der Waals surface area contributed by atoms with Gasteiger partial charge in [0.15, 0.2) is 0 Å². The van der Waals surface area contributed by atoms with E-state index in [1.807, 2.05) is 13.0 Å². The van der Waals surface area contributed by atoms with Crippen molar-refractivity contribution in [1.82, 2.24) is 19.2 Å². The summed E-state index contributed by atoms with van der Waals surface area (Å²) in [6, 6.07) is 11.4. The smallest absolute Gasteiger partial charge is 0.241 e. The average Bonchev–Trinajstić information content (AvgIpc) is 3.44. The number of H-pyrrole nitrogens is 1. The number of fused-ring (bicyclic) bond motifs is 1. The van der Waals surface area contributed by atoms with Gasteiger partial charge in [-0.05, 0) is 68.3 Å². The number of likely N-dealkylation sites (tertiary alicyclic amines) is 1. The van der Waals surface area contributed by atoms with Crippen LogP contribution in [0.15, 0.2) is 53.7 Å². The molecule has 3 aromatic rings. The second kappa shape index (κ2) is 9.18. The van der Waals surface area contributed by atoms with Crippen LogP contribution in [0.2, 0.25) is 0 Å². The molecule has 0 radical (unpaired) electrons. The number of hydrogen-bond acceptors (Lipinski definition) is 4. The van der Waals surface area contributed by atoms with E-state index in [0.717, 1.165) is 24.6 Å². The summed E-state index contributed by atoms with van der Waals surface area (Å²) in [4.78, 5) is 18.3. The van der Waals surface area contributed by atoms with Crippen LogP contribution in [0, 0.1) is 11.3 Å². The van der Waals surface area contributed by atoms with Crippen molar-refractivity contribution >= 4 is 26.8 Å². The Morgan fingerprint density at radius 2 is 2.16 bits per heavy atom. The zero-order valence-electron chi connectivity index (χ0n) is 18.0. The number of hydrogen-bond donors (Lipinski definition) is 2. The molecule has 1 fully saturated rings. The van der Waals surface area contributed by atoms with E-state index in [-0.39, 0.29) is 23.3 Å². The van der Waals surface area contributed by atoms with Crippen LogP contribution < -0.4 is 4.72 Å². The normalized spacial score (nSPS) is 17.9. The first-order valence-electron chi connectivity index (χ1n) is 10.8. The van der Waals surface area contributed by atoms with Gasteiger partial charge in [0, 0.05) is 37.0 Å². The van der Waals surface area contributed by atoms with Crippen LogP contribution in [0.25, 0.3) is 10.9 Å². The van der Waals surface area contributed by atoms with Crippen molar-refractivity contribution in [2.75, 3.05) is 6.54 Å². The minimum Gasteiger partial charge on any atom is -0.361 e. The zero-order valence-corrected chi connectivity index (χ0v) is 18.8. The topological polar surface area (TPSA) is 111 Å². The van der Waals surface area contributed by atoms with E-state index in [1.165, 1.54) is 0 Å². The Kier molecular flexibility index (Phi) is 6.35. The maximum atomic E-state index is 13.4. The summed E-state index contributed by atoms with van der Waals surface area (Å²) in [6.45, 7) is 2.98. The SMILES string of the molecule is CC1CCCCN1C(=O)C(CCn1cccc1C#N)NS(=O)(=O)c1ccc2cc[nH]c2c1. The third-order valence-electron chi connectivity index (χ3n) is 6.12. The van der Waals surface area contributed by atoms with Gasteiger partial charge in [-0.2, -0.15) is 9.98 Å². The van der Waals surface area contributed by atoms with Crippen molar-refractivity contribution < 1.29 is 13.2 Å². The molecule has 0 aliphatic carbocycles. The predicted molar refractivity (Wildman–Crippen MR) is 121 cm³/mol. The average molecular weight is 454 g/mol. The highest BCUT2D eigenvalue weighted by Crippen LogP contribution is 2.21. The van der Waals surface area contributed by atoms with Crippen molar-refractivity contribution in [3.8, 4) is 6.07 Å². The molecule has 2 unspecified atom stereocenters. The second-order valence-corrected chi connectivity index (χ2v) is 9.98. The highest BCUT2D eigenvalue weighted by atomic mass is 32.2. The number of aryl methyl sites for hydroxylation is 1. The van der Waals surface area contributed by atoms with Gasteiger partial charge in [-0.15, -0.1) is 0 Å². The highest BCUT2D eigenvalue weighted by molar-refractivity contribution is 7.89. The lowest BCUT2D eigenvalue weighted by Gasteiger charge is -2.36. The Hall–Kier alpha value is -3.09. The minimum atomic E-state index is -3.93. The van der Waals surface area contributed by atoms with Gasteiger partial charge in [0.2, 0.25) is 15.9 Å². The van der Waals surface area contributed by atoms with Gasteiger partial charge in [-0.1, -0.05) is 6.07 Å². The number of amides is 1. The molecule has 9 heteroatoms. The first kappa shape index (κ1) is 22.1. The van der Waals surface area contributed by atoms with Gasteiger partial charge in [0.1, 0.15) is 17.8 Å². The zero-order chi connectivity index (χ0) is 22.7. The summed E-state index contributed by atoms with van der Waals surface area (Å²) >= 11 is 0. The van der Waals surface area contributed by atoms with Gasteiger partial charge in [0.25, 0.3) is 0 Å². The number of aromatic amines is 1. The number of aromatic nitrogens is 2. The molecule has 0 spiro atoms. The fourth-order valence-corrected chi connectivity index (χ4v) is 5.54. The summed E-state index contributed by atoms with van der Waals surface area (Å²) < 4.78 is 30.8. The number of nitrogens with one attached hydrogen (secondary N) is 2. The molecule has 0 saturated carbocycles. The van der Waals surface area contributed by atoms with Crippen LogP contribution >= 0.6 is 0 Å². The third-order valence-corrected chi connectivity index (χ3v) is 7.59. The van der Waals surface area contributed by atoms with Gasteiger partial charge < -0.3 is 14.5 Å². The van der Waals surface area contributed by atoms with Crippen molar-refractivity contribution in [3.05, 3.63) is 54.5 Å². The molecule has 1 aromatic carbocycles. The number of piperidine rings is 1.